The average Bonchev–Trinajstić information content (AvgIpc) is 2.29. The molecular weight excluding hydrogens is 200 g/mol. The van der Waals surface area contributed by atoms with Crippen LogP contribution in [0.4, 0.5) is 0 Å². The second-order valence-electron chi connectivity index (χ2n) is 4.45. The van der Waals surface area contributed by atoms with E-state index < -0.39 is 0 Å². The number of benzene rings is 1. The minimum atomic E-state index is 0.166. The summed E-state index contributed by atoms with van der Waals surface area (Å²) in [4.78, 5) is 13.4. The van der Waals surface area contributed by atoms with Gasteiger partial charge in [0.25, 0.3) is 0 Å². The maximum atomic E-state index is 11.7. The molecule has 0 atom stereocenters. The van der Waals surface area contributed by atoms with Crippen molar-refractivity contribution in [3.05, 3.63) is 34.9 Å². The second-order valence-corrected chi connectivity index (χ2v) is 4.45. The smallest absolute Gasteiger partial charge is 0.226 e. The summed E-state index contributed by atoms with van der Waals surface area (Å²) in [5, 5.41) is 3.36. The lowest BCUT2D eigenvalue weighted by Crippen LogP contribution is -2.27. The van der Waals surface area contributed by atoms with Crippen LogP contribution >= 0.6 is 0 Å². The Kier molecular flexibility index (Phi) is 3.25. The molecule has 3 heteroatoms. The topological polar surface area (TPSA) is 32.3 Å². The van der Waals surface area contributed by atoms with E-state index in [2.05, 4.69) is 23.5 Å². The van der Waals surface area contributed by atoms with E-state index in [1.165, 1.54) is 16.7 Å². The highest BCUT2D eigenvalue weighted by Crippen LogP contribution is 2.19. The van der Waals surface area contributed by atoms with Gasteiger partial charge in [-0.15, -0.1) is 0 Å². The first-order valence-corrected chi connectivity index (χ1v) is 5.69. The number of fused-ring (bicyclic) bond motifs is 1. The second kappa shape index (κ2) is 4.66. The van der Waals surface area contributed by atoms with Gasteiger partial charge in [0.2, 0.25) is 5.91 Å². The molecule has 1 aliphatic rings. The monoisotopic (exact) mass is 218 g/mol. The fraction of sp³-hybridized carbons (Fsp3) is 0.462. The van der Waals surface area contributed by atoms with Crippen molar-refractivity contribution in [2.45, 2.75) is 19.4 Å². The number of nitrogens with one attached hydrogen (secondary N) is 1. The van der Waals surface area contributed by atoms with E-state index in [0.29, 0.717) is 6.42 Å². The molecule has 16 heavy (non-hydrogen) atoms. The molecule has 1 aromatic carbocycles. The molecule has 0 fully saturated rings. The Labute approximate surface area is 96.5 Å². The zero-order valence-corrected chi connectivity index (χ0v) is 9.92. The van der Waals surface area contributed by atoms with Gasteiger partial charge in [0.05, 0.1) is 6.42 Å². The molecule has 0 aliphatic carbocycles. The fourth-order valence-electron chi connectivity index (χ4n) is 2.07. The number of carbonyl (C=O) groups excluding carboxylic acids is 1. The number of rotatable bonds is 2. The first-order valence-electron chi connectivity index (χ1n) is 5.69. The molecular formula is C13H18N2O. The minimum Gasteiger partial charge on any atom is -0.349 e. The number of likely N-dealkylation sites (N-methyl/N-ethyl adjacent to an activating group) is 1. The zero-order valence-electron chi connectivity index (χ0n) is 9.92. The lowest BCUT2D eigenvalue weighted by molar-refractivity contribution is -0.127. The minimum absolute atomic E-state index is 0.166. The summed E-state index contributed by atoms with van der Waals surface area (Å²) in [6.07, 6.45) is 1.58. The van der Waals surface area contributed by atoms with Gasteiger partial charge in [-0.05, 0) is 29.7 Å². The van der Waals surface area contributed by atoms with Gasteiger partial charge in [0.15, 0.2) is 0 Å². The van der Waals surface area contributed by atoms with Crippen LogP contribution in [0.1, 0.15) is 16.7 Å². The summed E-state index contributed by atoms with van der Waals surface area (Å²) in [7, 11) is 3.60. The SMILES string of the molecule is CN(C)C(=O)Cc1cccc2c1CNCC2. The maximum Gasteiger partial charge on any atom is 0.226 e. The summed E-state index contributed by atoms with van der Waals surface area (Å²) in [6, 6.07) is 6.29. The van der Waals surface area contributed by atoms with Crippen molar-refractivity contribution in [2.75, 3.05) is 20.6 Å². The third kappa shape index (κ3) is 2.25. The molecule has 0 bridgehead atoms. The van der Waals surface area contributed by atoms with Gasteiger partial charge >= 0.3 is 0 Å². The normalized spacial score (nSPS) is 14.4. The van der Waals surface area contributed by atoms with E-state index in [0.717, 1.165) is 19.5 Å². The van der Waals surface area contributed by atoms with Gasteiger partial charge in [0, 0.05) is 20.6 Å². The average molecular weight is 218 g/mol. The highest BCUT2D eigenvalue weighted by atomic mass is 16.2. The van der Waals surface area contributed by atoms with Crippen LogP contribution in [0, 0.1) is 0 Å². The molecule has 1 heterocycles. The van der Waals surface area contributed by atoms with Gasteiger partial charge in [-0.1, -0.05) is 18.2 Å². The Bertz CT molecular complexity index is 399. The first-order chi connectivity index (χ1) is 7.68. The van der Waals surface area contributed by atoms with Crippen LogP contribution in [0.3, 0.4) is 0 Å². The Morgan fingerprint density at radius 2 is 2.25 bits per heavy atom. The third-order valence-corrected chi connectivity index (χ3v) is 3.08. The van der Waals surface area contributed by atoms with Crippen molar-refractivity contribution in [1.29, 1.82) is 0 Å². The van der Waals surface area contributed by atoms with Crippen LogP contribution in [0.5, 0.6) is 0 Å². The predicted octanol–water partition coefficient (Wildman–Crippen LogP) is 0.963. The number of hydrogen-bond acceptors (Lipinski definition) is 2. The van der Waals surface area contributed by atoms with Gasteiger partial charge in [-0.25, -0.2) is 0 Å². The summed E-state index contributed by atoms with van der Waals surface area (Å²) in [5.74, 6) is 0.166. The predicted molar refractivity (Wildman–Crippen MR) is 64.3 cm³/mol. The van der Waals surface area contributed by atoms with Crippen molar-refractivity contribution in [2.24, 2.45) is 0 Å². The molecule has 3 nitrogen and oxygen atoms in total. The van der Waals surface area contributed by atoms with Crippen LogP contribution in [0.25, 0.3) is 0 Å². The molecule has 1 N–H and O–H groups in total. The molecule has 2 rings (SSSR count). The van der Waals surface area contributed by atoms with E-state index in [1.54, 1.807) is 19.0 Å². The zero-order chi connectivity index (χ0) is 11.5. The summed E-state index contributed by atoms with van der Waals surface area (Å²) in [5.41, 5.74) is 3.88. The Morgan fingerprint density at radius 1 is 1.44 bits per heavy atom. The molecule has 1 amide bonds. The van der Waals surface area contributed by atoms with Crippen LogP contribution in [-0.2, 0) is 24.2 Å². The Morgan fingerprint density at radius 3 is 3.00 bits per heavy atom. The molecule has 0 unspecified atom stereocenters. The van der Waals surface area contributed by atoms with Crippen LogP contribution < -0.4 is 5.32 Å². The molecule has 0 radical (unpaired) electrons. The molecule has 0 aromatic heterocycles. The van der Waals surface area contributed by atoms with E-state index in [9.17, 15) is 4.79 Å². The molecule has 1 aliphatic heterocycles. The van der Waals surface area contributed by atoms with E-state index in [1.807, 2.05) is 0 Å². The van der Waals surface area contributed by atoms with Gasteiger partial charge in [-0.2, -0.15) is 0 Å². The van der Waals surface area contributed by atoms with Gasteiger partial charge < -0.3 is 10.2 Å². The van der Waals surface area contributed by atoms with Crippen LogP contribution in [-0.4, -0.2) is 31.4 Å². The molecule has 0 spiro atoms. The fourth-order valence-corrected chi connectivity index (χ4v) is 2.07. The Hall–Kier alpha value is -1.35. The Balaban J connectivity index is 2.24. The van der Waals surface area contributed by atoms with Gasteiger partial charge in [-0.3, -0.25) is 4.79 Å². The van der Waals surface area contributed by atoms with Crippen molar-refractivity contribution < 1.29 is 4.79 Å². The summed E-state index contributed by atoms with van der Waals surface area (Å²) in [6.45, 7) is 1.93. The highest BCUT2D eigenvalue weighted by Gasteiger charge is 2.14. The lowest BCUT2D eigenvalue weighted by Gasteiger charge is -2.21. The largest absolute Gasteiger partial charge is 0.349 e. The number of carbonyl (C=O) groups is 1. The summed E-state index contributed by atoms with van der Waals surface area (Å²) < 4.78 is 0. The van der Waals surface area contributed by atoms with E-state index >= 15 is 0 Å². The molecule has 0 saturated heterocycles. The van der Waals surface area contributed by atoms with Gasteiger partial charge in [0.1, 0.15) is 0 Å². The molecule has 1 aromatic rings. The number of nitrogens with zero attached hydrogens (tertiary/aromatic N) is 1. The highest BCUT2D eigenvalue weighted by molar-refractivity contribution is 5.78. The van der Waals surface area contributed by atoms with E-state index in [-0.39, 0.29) is 5.91 Å². The standard InChI is InChI=1S/C13H18N2O/c1-15(2)13(16)8-11-5-3-4-10-6-7-14-9-12(10)11/h3-5,14H,6-9H2,1-2H3. The molecule has 86 valence electrons. The number of amides is 1. The van der Waals surface area contributed by atoms with Crippen LogP contribution in [0.15, 0.2) is 18.2 Å². The number of hydrogen-bond donors (Lipinski definition) is 1. The van der Waals surface area contributed by atoms with Crippen molar-refractivity contribution in [1.82, 2.24) is 10.2 Å². The lowest BCUT2D eigenvalue weighted by atomic mass is 9.94. The molecule has 0 saturated carbocycles. The maximum absolute atomic E-state index is 11.7. The van der Waals surface area contributed by atoms with Crippen molar-refractivity contribution in [3.63, 3.8) is 0 Å². The first kappa shape index (κ1) is 11.1. The third-order valence-electron chi connectivity index (χ3n) is 3.08. The van der Waals surface area contributed by atoms with E-state index in [4.69, 9.17) is 0 Å². The summed E-state index contributed by atoms with van der Waals surface area (Å²) >= 11 is 0. The van der Waals surface area contributed by atoms with Crippen molar-refractivity contribution >= 4 is 5.91 Å². The van der Waals surface area contributed by atoms with Crippen molar-refractivity contribution in [3.8, 4) is 0 Å². The van der Waals surface area contributed by atoms with Crippen LogP contribution in [0.2, 0.25) is 0 Å². The quantitative estimate of drug-likeness (QED) is 0.802.